The highest BCUT2D eigenvalue weighted by atomic mass is 16.6. The first-order valence-corrected chi connectivity index (χ1v) is 7.65. The molecule has 0 heterocycles. The van der Waals surface area contributed by atoms with E-state index in [0.29, 0.717) is 25.2 Å². The van der Waals surface area contributed by atoms with Crippen LogP contribution in [0, 0.1) is 0 Å². The molecule has 1 unspecified atom stereocenters. The molecule has 0 aliphatic heterocycles. The first kappa shape index (κ1) is 15.5. The topological polar surface area (TPSA) is 52.6 Å². The van der Waals surface area contributed by atoms with Crippen LogP contribution < -0.4 is 4.74 Å². The van der Waals surface area contributed by atoms with Crippen molar-refractivity contribution in [3.8, 4) is 5.75 Å². The summed E-state index contributed by atoms with van der Waals surface area (Å²) >= 11 is 0. The quantitative estimate of drug-likeness (QED) is 0.754. The van der Waals surface area contributed by atoms with Gasteiger partial charge in [-0.15, -0.1) is 0 Å². The van der Waals surface area contributed by atoms with Gasteiger partial charge in [0, 0.05) is 12.0 Å². The lowest BCUT2D eigenvalue weighted by Crippen LogP contribution is -2.29. The molecule has 1 atom stereocenters. The van der Waals surface area contributed by atoms with E-state index in [2.05, 4.69) is 0 Å². The predicted octanol–water partition coefficient (Wildman–Crippen LogP) is 3.32. The molecule has 4 heteroatoms. The van der Waals surface area contributed by atoms with E-state index in [1.165, 1.54) is 0 Å². The molecule has 2 rings (SSSR count). The van der Waals surface area contributed by atoms with Crippen LogP contribution >= 0.6 is 0 Å². The van der Waals surface area contributed by atoms with E-state index in [-0.39, 0.29) is 11.8 Å². The van der Waals surface area contributed by atoms with Crippen molar-refractivity contribution in [1.29, 1.82) is 0 Å². The van der Waals surface area contributed by atoms with Crippen LogP contribution in [-0.4, -0.2) is 24.5 Å². The Kier molecular flexibility index (Phi) is 5.37. The molecule has 1 aliphatic rings. The zero-order valence-corrected chi connectivity index (χ0v) is 12.7. The standard InChI is InChI=1S/C17H22O4/c1-3-6-16(17(19)20-4-2)21-13-10-9-12-7-5-8-15(18)14(12)11-13/h9-11,16H,3-8H2,1-2H3. The third kappa shape index (κ3) is 3.84. The third-order valence-electron chi connectivity index (χ3n) is 3.61. The van der Waals surface area contributed by atoms with E-state index in [1.807, 2.05) is 19.1 Å². The molecule has 0 radical (unpaired) electrons. The summed E-state index contributed by atoms with van der Waals surface area (Å²) in [5.74, 6) is 0.378. The van der Waals surface area contributed by atoms with Gasteiger partial charge in [-0.3, -0.25) is 4.79 Å². The first-order valence-electron chi connectivity index (χ1n) is 7.65. The highest BCUT2D eigenvalue weighted by Gasteiger charge is 2.23. The molecule has 1 aromatic carbocycles. The molecule has 0 fully saturated rings. The number of benzene rings is 1. The molecule has 0 aromatic heterocycles. The van der Waals surface area contributed by atoms with Gasteiger partial charge in [-0.05, 0) is 43.9 Å². The van der Waals surface area contributed by atoms with Gasteiger partial charge in [0.1, 0.15) is 5.75 Å². The van der Waals surface area contributed by atoms with E-state index in [9.17, 15) is 9.59 Å². The maximum atomic E-state index is 11.9. The third-order valence-corrected chi connectivity index (χ3v) is 3.61. The number of ether oxygens (including phenoxy) is 2. The number of carbonyl (C=O) groups excluding carboxylic acids is 2. The predicted molar refractivity (Wildman–Crippen MR) is 79.7 cm³/mol. The Bertz CT molecular complexity index is 522. The maximum absolute atomic E-state index is 11.9. The number of aryl methyl sites for hydroxylation is 1. The lowest BCUT2D eigenvalue weighted by molar-refractivity contribution is -0.151. The monoisotopic (exact) mass is 290 g/mol. The van der Waals surface area contributed by atoms with E-state index in [1.54, 1.807) is 13.0 Å². The summed E-state index contributed by atoms with van der Waals surface area (Å²) in [4.78, 5) is 23.8. The number of ketones is 1. The van der Waals surface area contributed by atoms with Crippen molar-refractivity contribution in [1.82, 2.24) is 0 Å². The normalized spacial score (nSPS) is 15.2. The zero-order valence-electron chi connectivity index (χ0n) is 12.7. The summed E-state index contributed by atoms with van der Waals surface area (Å²) in [5.41, 5.74) is 1.81. The van der Waals surface area contributed by atoms with Crippen molar-refractivity contribution in [2.24, 2.45) is 0 Å². The summed E-state index contributed by atoms with van der Waals surface area (Å²) in [5, 5.41) is 0. The maximum Gasteiger partial charge on any atom is 0.347 e. The first-order chi connectivity index (χ1) is 10.2. The number of rotatable bonds is 6. The molecular formula is C17H22O4. The summed E-state index contributed by atoms with van der Waals surface area (Å²) < 4.78 is 10.8. The summed E-state index contributed by atoms with van der Waals surface area (Å²) in [6.45, 7) is 4.11. The number of fused-ring (bicyclic) bond motifs is 1. The van der Waals surface area contributed by atoms with Crippen LogP contribution in [0.5, 0.6) is 5.75 Å². The SMILES string of the molecule is CCCC(Oc1ccc2c(c1)C(=O)CCC2)C(=O)OCC. The van der Waals surface area contributed by atoms with Crippen LogP contribution in [0.4, 0.5) is 0 Å². The van der Waals surface area contributed by atoms with E-state index < -0.39 is 6.10 Å². The van der Waals surface area contributed by atoms with Gasteiger partial charge >= 0.3 is 5.97 Å². The Morgan fingerprint density at radius 3 is 2.81 bits per heavy atom. The Labute approximate surface area is 125 Å². The molecule has 4 nitrogen and oxygen atoms in total. The molecule has 0 amide bonds. The summed E-state index contributed by atoms with van der Waals surface area (Å²) in [7, 11) is 0. The number of carbonyl (C=O) groups is 2. The molecule has 1 aliphatic carbocycles. The average molecular weight is 290 g/mol. The molecule has 0 saturated heterocycles. The summed E-state index contributed by atoms with van der Waals surface area (Å²) in [6, 6.07) is 5.52. The van der Waals surface area contributed by atoms with Crippen LogP contribution in [0.2, 0.25) is 0 Å². The Balaban J connectivity index is 2.15. The Morgan fingerprint density at radius 2 is 2.10 bits per heavy atom. The number of hydrogen-bond acceptors (Lipinski definition) is 4. The van der Waals surface area contributed by atoms with Crippen LogP contribution in [0.25, 0.3) is 0 Å². The minimum Gasteiger partial charge on any atom is -0.479 e. The average Bonchev–Trinajstić information content (AvgIpc) is 2.48. The van der Waals surface area contributed by atoms with Crippen LogP contribution in [0.1, 0.15) is 55.5 Å². The second kappa shape index (κ2) is 7.25. The number of esters is 1. The van der Waals surface area contributed by atoms with Gasteiger partial charge in [-0.2, -0.15) is 0 Å². The van der Waals surface area contributed by atoms with Crippen molar-refractivity contribution >= 4 is 11.8 Å². The molecule has 0 N–H and O–H groups in total. The van der Waals surface area contributed by atoms with Gasteiger partial charge in [0.05, 0.1) is 6.61 Å². The van der Waals surface area contributed by atoms with Crippen molar-refractivity contribution in [2.45, 2.75) is 52.1 Å². The fourth-order valence-corrected chi connectivity index (χ4v) is 2.57. The van der Waals surface area contributed by atoms with E-state index in [0.717, 1.165) is 30.4 Å². The fourth-order valence-electron chi connectivity index (χ4n) is 2.57. The minimum atomic E-state index is -0.605. The van der Waals surface area contributed by atoms with E-state index >= 15 is 0 Å². The van der Waals surface area contributed by atoms with Gasteiger partial charge < -0.3 is 9.47 Å². The van der Waals surface area contributed by atoms with Gasteiger partial charge in [0.2, 0.25) is 0 Å². The lowest BCUT2D eigenvalue weighted by Gasteiger charge is -2.19. The van der Waals surface area contributed by atoms with Crippen LogP contribution in [0.3, 0.4) is 0 Å². The Morgan fingerprint density at radius 1 is 1.29 bits per heavy atom. The highest BCUT2D eigenvalue weighted by Crippen LogP contribution is 2.26. The van der Waals surface area contributed by atoms with Crippen molar-refractivity contribution in [3.63, 3.8) is 0 Å². The molecule has 0 spiro atoms. The fraction of sp³-hybridized carbons (Fsp3) is 0.529. The molecular weight excluding hydrogens is 268 g/mol. The molecule has 1 aromatic rings. The van der Waals surface area contributed by atoms with Gasteiger partial charge in [-0.1, -0.05) is 19.4 Å². The van der Waals surface area contributed by atoms with Gasteiger partial charge in [0.15, 0.2) is 11.9 Å². The number of hydrogen-bond donors (Lipinski definition) is 0. The molecule has 114 valence electrons. The summed E-state index contributed by atoms with van der Waals surface area (Å²) in [6.07, 6.45) is 3.25. The largest absolute Gasteiger partial charge is 0.479 e. The van der Waals surface area contributed by atoms with Gasteiger partial charge in [-0.25, -0.2) is 4.79 Å². The van der Waals surface area contributed by atoms with Crippen molar-refractivity contribution in [2.75, 3.05) is 6.61 Å². The zero-order chi connectivity index (χ0) is 15.2. The minimum absolute atomic E-state index is 0.157. The smallest absolute Gasteiger partial charge is 0.347 e. The molecule has 0 bridgehead atoms. The van der Waals surface area contributed by atoms with Gasteiger partial charge in [0.25, 0.3) is 0 Å². The van der Waals surface area contributed by atoms with Crippen molar-refractivity contribution in [3.05, 3.63) is 29.3 Å². The number of Topliss-reactive ketones (excluding diaryl/α,β-unsaturated/α-hetero) is 1. The molecule has 21 heavy (non-hydrogen) atoms. The second-order valence-electron chi connectivity index (χ2n) is 5.24. The second-order valence-corrected chi connectivity index (χ2v) is 5.24. The van der Waals surface area contributed by atoms with E-state index in [4.69, 9.17) is 9.47 Å². The van der Waals surface area contributed by atoms with Crippen LogP contribution in [-0.2, 0) is 16.0 Å². The molecule has 0 saturated carbocycles. The van der Waals surface area contributed by atoms with Crippen molar-refractivity contribution < 1.29 is 19.1 Å². The highest BCUT2D eigenvalue weighted by molar-refractivity contribution is 5.98. The Hall–Kier alpha value is -1.84. The lowest BCUT2D eigenvalue weighted by atomic mass is 9.90. The van der Waals surface area contributed by atoms with Crippen LogP contribution in [0.15, 0.2) is 18.2 Å².